The van der Waals surface area contributed by atoms with E-state index in [4.69, 9.17) is 0 Å². The van der Waals surface area contributed by atoms with Gasteiger partial charge < -0.3 is 4.55 Å². The molecule has 4 aromatic rings. The fourth-order valence-electron chi connectivity index (χ4n) is 2.71. The van der Waals surface area contributed by atoms with Crippen molar-refractivity contribution in [1.29, 1.82) is 0 Å². The van der Waals surface area contributed by atoms with Gasteiger partial charge in [-0.05, 0) is 29.8 Å². The van der Waals surface area contributed by atoms with Crippen molar-refractivity contribution in [2.75, 3.05) is 0 Å². The molecule has 0 saturated heterocycles. The van der Waals surface area contributed by atoms with E-state index in [1.54, 1.807) is 23.0 Å². The summed E-state index contributed by atoms with van der Waals surface area (Å²) in [4.78, 5) is 0.370. The Balaban J connectivity index is 1.97. The average molecular weight is 335 g/mol. The molecule has 6 heteroatoms. The number of benzene rings is 2. The Labute approximate surface area is 140 Å². The molecule has 2 heterocycles. The van der Waals surface area contributed by atoms with Gasteiger partial charge in [0, 0.05) is 17.3 Å². The first-order valence-electron chi connectivity index (χ1n) is 7.35. The van der Waals surface area contributed by atoms with Gasteiger partial charge in [-0.1, -0.05) is 42.5 Å². The van der Waals surface area contributed by atoms with Crippen LogP contribution in [0.4, 0.5) is 0 Å². The van der Waals surface area contributed by atoms with E-state index in [9.17, 15) is 8.76 Å². The molecule has 0 aliphatic heterocycles. The van der Waals surface area contributed by atoms with Crippen LogP contribution in [0.25, 0.3) is 27.9 Å². The third-order valence-corrected chi connectivity index (χ3v) is 4.49. The topological polar surface area (TPSA) is 67.5 Å². The van der Waals surface area contributed by atoms with Crippen LogP contribution in [0.3, 0.4) is 0 Å². The minimum atomic E-state index is -1.99. The molecular weight excluding hydrogens is 322 g/mol. The van der Waals surface area contributed by atoms with Gasteiger partial charge in [0.1, 0.15) is 5.69 Å². The second-order valence-electron chi connectivity index (χ2n) is 5.26. The van der Waals surface area contributed by atoms with Crippen LogP contribution in [0.1, 0.15) is 0 Å². The van der Waals surface area contributed by atoms with Crippen molar-refractivity contribution in [3.8, 4) is 22.4 Å². The molecule has 0 saturated carbocycles. The highest BCUT2D eigenvalue weighted by molar-refractivity contribution is 7.79. The molecule has 118 valence electrons. The molecule has 0 fully saturated rings. The summed E-state index contributed by atoms with van der Waals surface area (Å²) in [6.45, 7) is 0. The molecule has 0 bridgehead atoms. The Morgan fingerprint density at radius 3 is 2.33 bits per heavy atom. The van der Waals surface area contributed by atoms with Crippen molar-refractivity contribution in [2.24, 2.45) is 0 Å². The van der Waals surface area contributed by atoms with Crippen LogP contribution < -0.4 is 0 Å². The van der Waals surface area contributed by atoms with Crippen LogP contribution in [0.2, 0.25) is 0 Å². The molecule has 0 radical (unpaired) electrons. The zero-order chi connectivity index (χ0) is 16.5. The third-order valence-electron chi connectivity index (χ3n) is 3.81. The number of fused-ring (bicyclic) bond motifs is 1. The van der Waals surface area contributed by atoms with Crippen molar-refractivity contribution in [3.63, 3.8) is 0 Å². The number of rotatable bonds is 3. The van der Waals surface area contributed by atoms with Gasteiger partial charge in [0.05, 0.1) is 10.4 Å². The Bertz CT molecular complexity index is 1030. The van der Waals surface area contributed by atoms with Gasteiger partial charge in [-0.2, -0.15) is 9.73 Å². The summed E-state index contributed by atoms with van der Waals surface area (Å²) < 4.78 is 22.0. The van der Waals surface area contributed by atoms with E-state index in [1.807, 2.05) is 54.6 Å². The Morgan fingerprint density at radius 2 is 1.62 bits per heavy atom. The lowest BCUT2D eigenvalue weighted by Gasteiger charge is -2.04. The van der Waals surface area contributed by atoms with Crippen LogP contribution in [-0.2, 0) is 11.1 Å². The van der Waals surface area contributed by atoms with Crippen molar-refractivity contribution < 1.29 is 8.76 Å². The van der Waals surface area contributed by atoms with Crippen molar-refractivity contribution >= 4 is 16.6 Å². The normalized spacial score (nSPS) is 12.4. The summed E-state index contributed by atoms with van der Waals surface area (Å²) in [5, 5.41) is 8.89. The van der Waals surface area contributed by atoms with Gasteiger partial charge in [0.25, 0.3) is 0 Å². The molecule has 0 amide bonds. The van der Waals surface area contributed by atoms with Gasteiger partial charge in [0.2, 0.25) is 0 Å². The van der Waals surface area contributed by atoms with E-state index in [0.29, 0.717) is 4.90 Å². The largest absolute Gasteiger partial charge is 0.302 e. The monoisotopic (exact) mass is 335 g/mol. The fourth-order valence-corrected chi connectivity index (χ4v) is 3.08. The molecule has 0 aliphatic carbocycles. The highest BCUT2D eigenvalue weighted by Crippen LogP contribution is 2.34. The fraction of sp³-hybridized carbons (Fsp3) is 0. The van der Waals surface area contributed by atoms with Gasteiger partial charge in [-0.25, -0.2) is 4.21 Å². The molecule has 1 unspecified atom stereocenters. The molecule has 24 heavy (non-hydrogen) atoms. The van der Waals surface area contributed by atoms with Crippen LogP contribution in [-0.4, -0.2) is 23.6 Å². The summed E-state index contributed by atoms with van der Waals surface area (Å²) in [5.74, 6) is 0. The van der Waals surface area contributed by atoms with Gasteiger partial charge in [0.15, 0.2) is 11.1 Å². The summed E-state index contributed by atoms with van der Waals surface area (Å²) in [5.41, 5.74) is 4.57. The maximum absolute atomic E-state index is 11.2. The van der Waals surface area contributed by atoms with Gasteiger partial charge in [-0.15, -0.1) is 5.10 Å². The van der Waals surface area contributed by atoms with Crippen molar-refractivity contribution in [1.82, 2.24) is 14.8 Å². The van der Waals surface area contributed by atoms with Gasteiger partial charge >= 0.3 is 0 Å². The maximum Gasteiger partial charge on any atom is 0.186 e. The predicted octanol–water partition coefficient (Wildman–Crippen LogP) is 3.64. The minimum Gasteiger partial charge on any atom is -0.302 e. The number of nitrogens with zero attached hydrogens (tertiary/aromatic N) is 3. The summed E-state index contributed by atoms with van der Waals surface area (Å²) in [6.07, 6.45) is 1.69. The average Bonchev–Trinajstić information content (AvgIpc) is 3.02. The van der Waals surface area contributed by atoms with E-state index in [1.165, 1.54) is 0 Å². The zero-order valence-electron chi connectivity index (χ0n) is 12.5. The number of aromatic nitrogens is 3. The lowest BCUT2D eigenvalue weighted by Crippen LogP contribution is -1.91. The van der Waals surface area contributed by atoms with E-state index in [2.05, 4.69) is 10.2 Å². The first-order chi connectivity index (χ1) is 11.7. The minimum absolute atomic E-state index is 0.370. The second kappa shape index (κ2) is 5.99. The Hall–Kier alpha value is -2.83. The molecule has 1 atom stereocenters. The molecule has 0 aliphatic rings. The maximum atomic E-state index is 11.2. The van der Waals surface area contributed by atoms with Crippen LogP contribution in [0.15, 0.2) is 77.8 Å². The molecule has 5 nitrogen and oxygen atoms in total. The molecule has 0 spiro atoms. The van der Waals surface area contributed by atoms with Gasteiger partial charge in [-0.3, -0.25) is 0 Å². The van der Waals surface area contributed by atoms with E-state index in [-0.39, 0.29) is 0 Å². The summed E-state index contributed by atoms with van der Waals surface area (Å²) in [7, 11) is 0. The molecule has 2 aromatic heterocycles. The summed E-state index contributed by atoms with van der Waals surface area (Å²) in [6, 6.07) is 20.7. The SMILES string of the molecule is O=S(O)c1ccc(-c2c(-c3ccccc3)nn3ncccc23)cc1. The predicted molar refractivity (Wildman–Crippen MR) is 92.9 cm³/mol. The van der Waals surface area contributed by atoms with Crippen LogP contribution >= 0.6 is 0 Å². The van der Waals surface area contributed by atoms with Crippen LogP contribution in [0.5, 0.6) is 0 Å². The number of hydrogen-bond acceptors (Lipinski definition) is 3. The molecule has 4 rings (SSSR count). The quantitative estimate of drug-likeness (QED) is 0.580. The van der Waals surface area contributed by atoms with Crippen molar-refractivity contribution in [2.45, 2.75) is 4.90 Å². The number of hydrogen-bond donors (Lipinski definition) is 1. The third kappa shape index (κ3) is 2.51. The van der Waals surface area contributed by atoms with E-state index >= 15 is 0 Å². The molecule has 2 aromatic carbocycles. The second-order valence-corrected chi connectivity index (χ2v) is 6.23. The van der Waals surface area contributed by atoms with E-state index < -0.39 is 11.1 Å². The highest BCUT2D eigenvalue weighted by atomic mass is 32.2. The first kappa shape index (κ1) is 14.7. The standard InChI is InChI=1S/C18H13N3O2S/c22-24(23)15-10-8-13(9-11-15)17-16-7-4-12-19-21(16)20-18(17)14-5-2-1-3-6-14/h1-12H,(H,22,23). The van der Waals surface area contributed by atoms with Crippen LogP contribution in [0, 0.1) is 0 Å². The lowest BCUT2D eigenvalue weighted by molar-refractivity contribution is 0.564. The summed E-state index contributed by atoms with van der Waals surface area (Å²) >= 11 is -1.99. The Morgan fingerprint density at radius 1 is 0.875 bits per heavy atom. The van der Waals surface area contributed by atoms with E-state index in [0.717, 1.165) is 27.9 Å². The lowest BCUT2D eigenvalue weighted by atomic mass is 10.00. The molecular formula is C18H13N3O2S. The Kier molecular flexibility index (Phi) is 3.68. The first-order valence-corrected chi connectivity index (χ1v) is 8.45. The zero-order valence-corrected chi connectivity index (χ0v) is 13.4. The highest BCUT2D eigenvalue weighted by Gasteiger charge is 2.16. The molecule has 1 N–H and O–H groups in total. The smallest absolute Gasteiger partial charge is 0.186 e. The van der Waals surface area contributed by atoms with Crippen molar-refractivity contribution in [3.05, 3.63) is 72.9 Å².